The average molecular weight is 232 g/mol. The van der Waals surface area contributed by atoms with Crippen LogP contribution in [0.4, 0.5) is 11.4 Å². The van der Waals surface area contributed by atoms with Crippen molar-refractivity contribution in [2.24, 2.45) is 0 Å². The molecule has 0 atom stereocenters. The Labute approximate surface area is 99.8 Å². The molecule has 2 rings (SSSR count). The third-order valence-electron chi connectivity index (χ3n) is 2.58. The lowest BCUT2D eigenvalue weighted by Crippen LogP contribution is -2.17. The molecule has 90 valence electrons. The van der Waals surface area contributed by atoms with E-state index in [1.807, 2.05) is 45.3 Å². The van der Waals surface area contributed by atoms with Crippen LogP contribution in [0.3, 0.4) is 0 Å². The Kier molecular flexibility index (Phi) is 3.04. The lowest BCUT2D eigenvalue weighted by molar-refractivity contribution is 0.561. The molecule has 0 aliphatic rings. The van der Waals surface area contributed by atoms with Crippen molar-refractivity contribution in [3.8, 4) is 0 Å². The zero-order valence-electron chi connectivity index (χ0n) is 10.3. The fraction of sp³-hybridized carbons (Fsp3) is 0.308. The number of benzene rings is 1. The maximum Gasteiger partial charge on any atom is 0.360 e. The summed E-state index contributed by atoms with van der Waals surface area (Å²) < 4.78 is 5.30. The van der Waals surface area contributed by atoms with Gasteiger partial charge in [-0.25, -0.2) is 4.79 Å². The van der Waals surface area contributed by atoms with Gasteiger partial charge in [0.25, 0.3) is 0 Å². The number of fused-ring (bicyclic) bond motifs is 1. The molecule has 0 fully saturated rings. The van der Waals surface area contributed by atoms with Gasteiger partial charge in [0, 0.05) is 37.8 Å². The summed E-state index contributed by atoms with van der Waals surface area (Å²) in [6.45, 7) is 2.86. The molecule has 0 aliphatic carbocycles. The van der Waals surface area contributed by atoms with E-state index in [4.69, 9.17) is 4.42 Å². The minimum Gasteiger partial charge on any atom is -0.421 e. The first-order valence-electron chi connectivity index (χ1n) is 5.61. The van der Waals surface area contributed by atoms with Gasteiger partial charge in [-0.15, -0.1) is 0 Å². The summed E-state index contributed by atoms with van der Waals surface area (Å²) in [7, 11) is 3.65. The van der Waals surface area contributed by atoms with Gasteiger partial charge in [-0.05, 0) is 25.1 Å². The van der Waals surface area contributed by atoms with E-state index in [1.165, 1.54) is 0 Å². The molecule has 4 nitrogen and oxygen atoms in total. The number of hydrogen-bond acceptors (Lipinski definition) is 4. The van der Waals surface area contributed by atoms with Gasteiger partial charge in [0.2, 0.25) is 0 Å². The highest BCUT2D eigenvalue weighted by Crippen LogP contribution is 2.20. The molecule has 1 aromatic heterocycles. The van der Waals surface area contributed by atoms with Crippen LogP contribution in [0.5, 0.6) is 0 Å². The first-order valence-corrected chi connectivity index (χ1v) is 5.61. The summed E-state index contributed by atoms with van der Waals surface area (Å²) in [5, 5.41) is 4.11. The Morgan fingerprint density at radius 2 is 2.06 bits per heavy atom. The number of nitrogens with zero attached hydrogens (tertiary/aromatic N) is 1. The zero-order valence-corrected chi connectivity index (χ0v) is 10.3. The van der Waals surface area contributed by atoms with Crippen LogP contribution in [-0.4, -0.2) is 20.6 Å². The van der Waals surface area contributed by atoms with Crippen LogP contribution in [0.1, 0.15) is 6.92 Å². The predicted molar refractivity (Wildman–Crippen MR) is 71.0 cm³/mol. The third-order valence-corrected chi connectivity index (χ3v) is 2.58. The average Bonchev–Trinajstić information content (AvgIpc) is 2.28. The highest BCUT2D eigenvalue weighted by molar-refractivity contribution is 5.82. The summed E-state index contributed by atoms with van der Waals surface area (Å²) in [4.78, 5) is 13.5. The van der Waals surface area contributed by atoms with Crippen molar-refractivity contribution < 1.29 is 4.42 Å². The first-order chi connectivity index (χ1) is 8.11. The van der Waals surface area contributed by atoms with Crippen molar-refractivity contribution in [1.82, 2.24) is 0 Å². The van der Waals surface area contributed by atoms with E-state index in [9.17, 15) is 4.79 Å². The Balaban J connectivity index is 2.58. The standard InChI is InChI=1S/C13H16N2O2/c1-4-14-10-6-5-9-7-11(15(2)3)13(16)17-12(9)8-10/h5-8,14H,4H2,1-3H3. The Morgan fingerprint density at radius 3 is 2.71 bits per heavy atom. The molecule has 0 saturated carbocycles. The van der Waals surface area contributed by atoms with Gasteiger partial charge in [-0.2, -0.15) is 0 Å². The second-order valence-corrected chi connectivity index (χ2v) is 4.10. The number of nitrogens with one attached hydrogen (secondary N) is 1. The van der Waals surface area contributed by atoms with Gasteiger partial charge < -0.3 is 14.6 Å². The molecule has 0 aliphatic heterocycles. The van der Waals surface area contributed by atoms with Gasteiger partial charge in [0.15, 0.2) is 0 Å². The number of hydrogen-bond donors (Lipinski definition) is 1. The third kappa shape index (κ3) is 2.25. The molecule has 0 amide bonds. The monoisotopic (exact) mass is 232 g/mol. The van der Waals surface area contributed by atoms with Crippen LogP contribution < -0.4 is 15.8 Å². The summed E-state index contributed by atoms with van der Waals surface area (Å²) in [5.74, 6) is 0. The molecule has 0 bridgehead atoms. The van der Waals surface area contributed by atoms with Crippen molar-refractivity contribution in [3.05, 3.63) is 34.7 Å². The van der Waals surface area contributed by atoms with Gasteiger partial charge in [-0.3, -0.25) is 0 Å². The molecule has 2 aromatic rings. The summed E-state index contributed by atoms with van der Waals surface area (Å²) in [5.41, 5.74) is 1.82. The summed E-state index contributed by atoms with van der Waals surface area (Å²) >= 11 is 0. The number of rotatable bonds is 3. The molecule has 0 spiro atoms. The zero-order chi connectivity index (χ0) is 12.4. The lowest BCUT2D eigenvalue weighted by atomic mass is 10.2. The molecule has 17 heavy (non-hydrogen) atoms. The SMILES string of the molecule is CCNc1ccc2cc(N(C)C)c(=O)oc2c1. The maximum absolute atomic E-state index is 11.7. The first kappa shape index (κ1) is 11.5. The quantitative estimate of drug-likeness (QED) is 0.825. The van der Waals surface area contributed by atoms with Crippen molar-refractivity contribution in [1.29, 1.82) is 0 Å². The second-order valence-electron chi connectivity index (χ2n) is 4.10. The minimum absolute atomic E-state index is 0.309. The van der Waals surface area contributed by atoms with E-state index in [1.54, 1.807) is 4.90 Å². The molecule has 0 radical (unpaired) electrons. The summed E-state index contributed by atoms with van der Waals surface area (Å²) in [6, 6.07) is 7.62. The van der Waals surface area contributed by atoms with Crippen LogP contribution in [0.15, 0.2) is 33.5 Å². The maximum atomic E-state index is 11.7. The fourth-order valence-electron chi connectivity index (χ4n) is 1.73. The predicted octanol–water partition coefficient (Wildman–Crippen LogP) is 2.29. The van der Waals surface area contributed by atoms with Crippen LogP contribution >= 0.6 is 0 Å². The lowest BCUT2D eigenvalue weighted by Gasteiger charge is -2.11. The van der Waals surface area contributed by atoms with E-state index in [2.05, 4.69) is 5.32 Å². The van der Waals surface area contributed by atoms with Crippen molar-refractivity contribution in [2.75, 3.05) is 30.9 Å². The van der Waals surface area contributed by atoms with Crippen molar-refractivity contribution in [2.45, 2.75) is 6.92 Å². The van der Waals surface area contributed by atoms with E-state index in [0.29, 0.717) is 11.3 Å². The van der Waals surface area contributed by atoms with E-state index >= 15 is 0 Å². The Bertz CT molecular complexity index is 587. The molecular weight excluding hydrogens is 216 g/mol. The Morgan fingerprint density at radius 1 is 1.29 bits per heavy atom. The van der Waals surface area contributed by atoms with Gasteiger partial charge in [-0.1, -0.05) is 0 Å². The molecule has 4 heteroatoms. The van der Waals surface area contributed by atoms with Crippen molar-refractivity contribution >= 4 is 22.3 Å². The molecular formula is C13H16N2O2. The topological polar surface area (TPSA) is 45.5 Å². The minimum atomic E-state index is -0.309. The Hall–Kier alpha value is -1.97. The van der Waals surface area contributed by atoms with Crippen molar-refractivity contribution in [3.63, 3.8) is 0 Å². The van der Waals surface area contributed by atoms with E-state index < -0.39 is 0 Å². The normalized spacial score (nSPS) is 10.5. The molecule has 1 aromatic carbocycles. The van der Waals surface area contributed by atoms with Crippen LogP contribution in [-0.2, 0) is 0 Å². The number of anilines is 2. The van der Waals surface area contributed by atoms with E-state index in [-0.39, 0.29) is 5.63 Å². The van der Waals surface area contributed by atoms with Gasteiger partial charge in [0.05, 0.1) is 0 Å². The molecule has 0 saturated heterocycles. The van der Waals surface area contributed by atoms with Crippen LogP contribution in [0, 0.1) is 0 Å². The van der Waals surface area contributed by atoms with E-state index in [0.717, 1.165) is 17.6 Å². The second kappa shape index (κ2) is 4.49. The molecule has 0 unspecified atom stereocenters. The summed E-state index contributed by atoms with van der Waals surface area (Å²) in [6.07, 6.45) is 0. The molecule has 1 heterocycles. The highest BCUT2D eigenvalue weighted by atomic mass is 16.4. The van der Waals surface area contributed by atoms with Crippen LogP contribution in [0.25, 0.3) is 11.0 Å². The van der Waals surface area contributed by atoms with Gasteiger partial charge >= 0.3 is 5.63 Å². The van der Waals surface area contributed by atoms with Gasteiger partial charge in [0.1, 0.15) is 11.3 Å². The smallest absolute Gasteiger partial charge is 0.360 e. The highest BCUT2D eigenvalue weighted by Gasteiger charge is 2.07. The fourth-order valence-corrected chi connectivity index (χ4v) is 1.73. The molecule has 1 N–H and O–H groups in total. The largest absolute Gasteiger partial charge is 0.421 e. The van der Waals surface area contributed by atoms with Crippen LogP contribution in [0.2, 0.25) is 0 Å².